The van der Waals surface area contributed by atoms with E-state index in [0.717, 1.165) is 40.0 Å². The fourth-order valence-electron chi connectivity index (χ4n) is 3.08. The molecular weight excluding hydrogens is 350 g/mol. The van der Waals surface area contributed by atoms with Gasteiger partial charge in [0.2, 0.25) is 0 Å². The maximum absolute atomic E-state index is 4.79. The quantitative estimate of drug-likeness (QED) is 0.660. The summed E-state index contributed by atoms with van der Waals surface area (Å²) >= 11 is 3.71. The minimum absolute atomic E-state index is 0.917. The summed E-state index contributed by atoms with van der Waals surface area (Å²) in [7, 11) is 0. The SMILES string of the molecule is CCN(CC)c1ccc(-c2nc3c(C)cc(C)cc3[nH]2)cc1Br. The zero-order valence-electron chi connectivity index (χ0n) is 14.1. The number of anilines is 1. The van der Waals surface area contributed by atoms with Gasteiger partial charge in [0.1, 0.15) is 5.82 Å². The van der Waals surface area contributed by atoms with Gasteiger partial charge in [-0.15, -0.1) is 0 Å². The maximum atomic E-state index is 4.79. The first-order chi connectivity index (χ1) is 11.0. The number of imidazole rings is 1. The molecule has 1 N–H and O–H groups in total. The van der Waals surface area contributed by atoms with Gasteiger partial charge in [-0.3, -0.25) is 0 Å². The Morgan fingerprint density at radius 1 is 1.09 bits per heavy atom. The van der Waals surface area contributed by atoms with E-state index in [0.29, 0.717) is 0 Å². The molecule has 0 fully saturated rings. The van der Waals surface area contributed by atoms with E-state index in [1.165, 1.54) is 16.8 Å². The highest BCUT2D eigenvalue weighted by Crippen LogP contribution is 2.31. The lowest BCUT2D eigenvalue weighted by atomic mass is 10.1. The number of nitrogens with zero attached hydrogens (tertiary/aromatic N) is 2. The van der Waals surface area contributed by atoms with E-state index in [1.54, 1.807) is 0 Å². The van der Waals surface area contributed by atoms with Gasteiger partial charge in [0.15, 0.2) is 0 Å². The first kappa shape index (κ1) is 16.1. The largest absolute Gasteiger partial charge is 0.371 e. The summed E-state index contributed by atoms with van der Waals surface area (Å²) in [4.78, 5) is 10.6. The number of nitrogens with one attached hydrogen (secondary N) is 1. The summed E-state index contributed by atoms with van der Waals surface area (Å²) in [5.41, 5.74) is 6.93. The van der Waals surface area contributed by atoms with Crippen LogP contribution in [-0.2, 0) is 0 Å². The molecule has 0 bridgehead atoms. The predicted molar refractivity (Wildman–Crippen MR) is 102 cm³/mol. The number of H-pyrrole nitrogens is 1. The first-order valence-electron chi connectivity index (χ1n) is 8.05. The molecule has 3 aromatic rings. The molecule has 0 saturated carbocycles. The molecular formula is C19H22BrN3. The Hall–Kier alpha value is -1.81. The lowest BCUT2D eigenvalue weighted by molar-refractivity contribution is 0.864. The predicted octanol–water partition coefficient (Wildman–Crippen LogP) is 5.46. The molecule has 0 radical (unpaired) electrons. The van der Waals surface area contributed by atoms with Crippen molar-refractivity contribution < 1.29 is 0 Å². The van der Waals surface area contributed by atoms with Crippen LogP contribution in [0, 0.1) is 13.8 Å². The van der Waals surface area contributed by atoms with Crippen molar-refractivity contribution in [1.82, 2.24) is 9.97 Å². The first-order valence-corrected chi connectivity index (χ1v) is 8.84. The maximum Gasteiger partial charge on any atom is 0.138 e. The number of halogens is 1. The number of hydrogen-bond acceptors (Lipinski definition) is 2. The van der Waals surface area contributed by atoms with E-state index in [1.807, 2.05) is 0 Å². The van der Waals surface area contributed by atoms with Crippen LogP contribution >= 0.6 is 15.9 Å². The van der Waals surface area contributed by atoms with Crippen molar-refractivity contribution in [2.75, 3.05) is 18.0 Å². The molecule has 0 unspecified atom stereocenters. The Labute approximate surface area is 145 Å². The standard InChI is InChI=1S/C19H22BrN3/c1-5-23(6-2)17-8-7-14(11-15(17)20)19-21-16-10-12(3)9-13(4)18(16)22-19/h7-11H,5-6H2,1-4H3,(H,21,22). The van der Waals surface area contributed by atoms with Crippen LogP contribution < -0.4 is 4.90 Å². The van der Waals surface area contributed by atoms with Gasteiger partial charge >= 0.3 is 0 Å². The third-order valence-electron chi connectivity index (χ3n) is 4.25. The van der Waals surface area contributed by atoms with Gasteiger partial charge in [-0.25, -0.2) is 4.98 Å². The molecule has 0 amide bonds. The zero-order chi connectivity index (χ0) is 16.6. The minimum Gasteiger partial charge on any atom is -0.371 e. The molecule has 3 rings (SSSR count). The normalized spacial score (nSPS) is 11.2. The fraction of sp³-hybridized carbons (Fsp3) is 0.316. The van der Waals surface area contributed by atoms with Gasteiger partial charge in [-0.1, -0.05) is 6.07 Å². The van der Waals surface area contributed by atoms with E-state index < -0.39 is 0 Å². The molecule has 3 nitrogen and oxygen atoms in total. The summed E-state index contributed by atoms with van der Waals surface area (Å²) in [6.45, 7) is 10.6. The highest BCUT2D eigenvalue weighted by molar-refractivity contribution is 9.10. The van der Waals surface area contributed by atoms with Crippen molar-refractivity contribution >= 4 is 32.7 Å². The van der Waals surface area contributed by atoms with E-state index in [9.17, 15) is 0 Å². The number of benzene rings is 2. The van der Waals surface area contributed by atoms with Crippen LogP contribution in [0.15, 0.2) is 34.8 Å². The monoisotopic (exact) mass is 371 g/mol. The molecule has 1 aromatic heterocycles. The Bertz CT molecular complexity index is 847. The van der Waals surface area contributed by atoms with Gasteiger partial charge < -0.3 is 9.88 Å². The van der Waals surface area contributed by atoms with E-state index >= 15 is 0 Å². The van der Waals surface area contributed by atoms with Crippen LogP contribution in [0.4, 0.5) is 5.69 Å². The summed E-state index contributed by atoms with van der Waals surface area (Å²) in [6.07, 6.45) is 0. The second-order valence-electron chi connectivity index (χ2n) is 5.90. The molecule has 0 atom stereocenters. The summed E-state index contributed by atoms with van der Waals surface area (Å²) in [5, 5.41) is 0. The van der Waals surface area contributed by atoms with E-state index in [-0.39, 0.29) is 0 Å². The topological polar surface area (TPSA) is 31.9 Å². The molecule has 0 aliphatic rings. The Kier molecular flexibility index (Phi) is 4.44. The van der Waals surface area contributed by atoms with Crippen LogP contribution in [0.1, 0.15) is 25.0 Å². The molecule has 0 aliphatic heterocycles. The van der Waals surface area contributed by atoms with Gasteiger partial charge in [-0.05, 0) is 79.0 Å². The smallest absolute Gasteiger partial charge is 0.138 e. The van der Waals surface area contributed by atoms with Gasteiger partial charge in [0, 0.05) is 23.1 Å². The molecule has 0 aliphatic carbocycles. The van der Waals surface area contributed by atoms with Crippen molar-refractivity contribution in [2.45, 2.75) is 27.7 Å². The minimum atomic E-state index is 0.917. The van der Waals surface area contributed by atoms with Gasteiger partial charge in [0.05, 0.1) is 16.7 Å². The molecule has 120 valence electrons. The van der Waals surface area contributed by atoms with Crippen molar-refractivity contribution in [1.29, 1.82) is 0 Å². The number of rotatable bonds is 4. The molecule has 4 heteroatoms. The van der Waals surface area contributed by atoms with Gasteiger partial charge in [-0.2, -0.15) is 0 Å². The van der Waals surface area contributed by atoms with Crippen LogP contribution in [0.25, 0.3) is 22.4 Å². The Balaban J connectivity index is 2.05. The fourth-order valence-corrected chi connectivity index (χ4v) is 3.71. The molecule has 1 heterocycles. The summed E-state index contributed by atoms with van der Waals surface area (Å²) in [6, 6.07) is 10.8. The third-order valence-corrected chi connectivity index (χ3v) is 4.88. The van der Waals surface area contributed by atoms with Crippen LogP contribution in [0.5, 0.6) is 0 Å². The summed E-state index contributed by atoms with van der Waals surface area (Å²) in [5.74, 6) is 0.917. The lowest BCUT2D eigenvalue weighted by Gasteiger charge is -2.22. The highest BCUT2D eigenvalue weighted by Gasteiger charge is 2.11. The Morgan fingerprint density at radius 2 is 1.83 bits per heavy atom. The van der Waals surface area contributed by atoms with Crippen molar-refractivity contribution in [3.05, 3.63) is 45.9 Å². The van der Waals surface area contributed by atoms with Crippen molar-refractivity contribution in [3.63, 3.8) is 0 Å². The lowest BCUT2D eigenvalue weighted by Crippen LogP contribution is -2.22. The Morgan fingerprint density at radius 3 is 2.48 bits per heavy atom. The zero-order valence-corrected chi connectivity index (χ0v) is 15.7. The number of hydrogen-bond donors (Lipinski definition) is 1. The average Bonchev–Trinajstić information content (AvgIpc) is 2.94. The number of aromatic nitrogens is 2. The van der Waals surface area contributed by atoms with Gasteiger partial charge in [0.25, 0.3) is 0 Å². The van der Waals surface area contributed by atoms with Crippen molar-refractivity contribution in [3.8, 4) is 11.4 Å². The average molecular weight is 372 g/mol. The molecule has 0 saturated heterocycles. The summed E-state index contributed by atoms with van der Waals surface area (Å²) < 4.78 is 1.10. The van der Waals surface area contributed by atoms with Crippen molar-refractivity contribution in [2.24, 2.45) is 0 Å². The molecule has 2 aromatic carbocycles. The van der Waals surface area contributed by atoms with Crippen LogP contribution in [-0.4, -0.2) is 23.1 Å². The number of aryl methyl sites for hydroxylation is 2. The number of aromatic amines is 1. The second kappa shape index (κ2) is 6.36. The number of fused-ring (bicyclic) bond motifs is 1. The third kappa shape index (κ3) is 3.00. The second-order valence-corrected chi connectivity index (χ2v) is 6.76. The molecule has 0 spiro atoms. The van der Waals surface area contributed by atoms with Crippen LogP contribution in [0.3, 0.4) is 0 Å². The van der Waals surface area contributed by atoms with Crippen LogP contribution in [0.2, 0.25) is 0 Å². The highest BCUT2D eigenvalue weighted by atomic mass is 79.9. The molecule has 23 heavy (non-hydrogen) atoms. The van der Waals surface area contributed by atoms with E-state index in [2.05, 4.69) is 83.8 Å². The van der Waals surface area contributed by atoms with E-state index in [4.69, 9.17) is 4.98 Å².